The maximum Gasteiger partial charge on any atom is 0.316 e. The van der Waals surface area contributed by atoms with Gasteiger partial charge in [0.25, 0.3) is 0 Å². The molecule has 0 saturated heterocycles. The van der Waals surface area contributed by atoms with Crippen LogP contribution in [0.3, 0.4) is 0 Å². The molecule has 3 amide bonds. The lowest BCUT2D eigenvalue weighted by Gasteiger charge is -2.07. The number of rotatable bonds is 5. The fourth-order valence-electron chi connectivity index (χ4n) is 1.28. The molecule has 0 heterocycles. The molecule has 92 valence electrons. The minimum Gasteiger partial charge on any atom is -0.396 e. The molecule has 1 aromatic rings. The summed E-state index contributed by atoms with van der Waals surface area (Å²) in [5.41, 5.74) is 6.06. The molecule has 6 heteroatoms. The first-order chi connectivity index (χ1) is 8.11. The second kappa shape index (κ2) is 6.49. The van der Waals surface area contributed by atoms with E-state index in [2.05, 4.69) is 10.6 Å². The lowest BCUT2D eigenvalue weighted by atomic mass is 10.2. The van der Waals surface area contributed by atoms with Crippen LogP contribution in [0, 0.1) is 0 Å². The van der Waals surface area contributed by atoms with Crippen LogP contribution in [0.15, 0.2) is 24.3 Å². The first-order valence-electron chi connectivity index (χ1n) is 5.19. The van der Waals surface area contributed by atoms with E-state index in [0.717, 1.165) is 0 Å². The van der Waals surface area contributed by atoms with Gasteiger partial charge in [0.2, 0.25) is 5.91 Å². The monoisotopic (exact) mass is 237 g/mol. The van der Waals surface area contributed by atoms with Crippen LogP contribution in [0.2, 0.25) is 0 Å². The average molecular weight is 237 g/mol. The zero-order valence-corrected chi connectivity index (χ0v) is 9.27. The number of urea groups is 1. The van der Waals surface area contributed by atoms with E-state index in [-0.39, 0.29) is 18.9 Å². The number of nitrogens with one attached hydrogen (secondary N) is 2. The lowest BCUT2D eigenvalue weighted by molar-refractivity contribution is -0.116. The summed E-state index contributed by atoms with van der Waals surface area (Å²) in [5, 5.41) is 13.6. The van der Waals surface area contributed by atoms with Crippen LogP contribution < -0.4 is 16.4 Å². The van der Waals surface area contributed by atoms with Gasteiger partial charge in [0.05, 0.1) is 0 Å². The van der Waals surface area contributed by atoms with E-state index in [1.165, 1.54) is 0 Å². The van der Waals surface area contributed by atoms with E-state index in [4.69, 9.17) is 10.8 Å². The molecule has 0 atom stereocenters. The number of nitrogens with two attached hydrogens (primary N) is 1. The Hall–Kier alpha value is -2.08. The van der Waals surface area contributed by atoms with Crippen molar-refractivity contribution in [2.75, 3.05) is 17.2 Å². The van der Waals surface area contributed by atoms with Crippen LogP contribution in [0.1, 0.15) is 12.8 Å². The van der Waals surface area contributed by atoms with Crippen molar-refractivity contribution < 1.29 is 14.7 Å². The third-order valence-corrected chi connectivity index (χ3v) is 1.98. The second-order valence-corrected chi connectivity index (χ2v) is 3.45. The molecule has 0 aliphatic heterocycles. The fraction of sp³-hybridized carbons (Fsp3) is 0.273. The minimum absolute atomic E-state index is 0.0172. The van der Waals surface area contributed by atoms with E-state index < -0.39 is 6.03 Å². The standard InChI is InChI=1S/C11H15N3O3/c12-11(17)14-9-4-1-3-8(7-9)13-10(16)5-2-6-15/h1,3-4,7,15H,2,5-6H2,(H,13,16)(H3,12,14,17). The largest absolute Gasteiger partial charge is 0.396 e. The summed E-state index contributed by atoms with van der Waals surface area (Å²) < 4.78 is 0. The number of primary amides is 1. The van der Waals surface area contributed by atoms with Crippen LogP contribution in [0.4, 0.5) is 16.2 Å². The predicted octanol–water partition coefficient (Wildman–Crippen LogP) is 0.888. The van der Waals surface area contributed by atoms with Crippen LogP contribution in [-0.2, 0) is 4.79 Å². The van der Waals surface area contributed by atoms with Gasteiger partial charge in [-0.05, 0) is 24.6 Å². The van der Waals surface area contributed by atoms with Gasteiger partial charge >= 0.3 is 6.03 Å². The lowest BCUT2D eigenvalue weighted by Crippen LogP contribution is -2.19. The Labute approximate surface area is 98.8 Å². The molecular weight excluding hydrogens is 222 g/mol. The van der Waals surface area contributed by atoms with Crippen LogP contribution >= 0.6 is 0 Å². The van der Waals surface area contributed by atoms with Gasteiger partial charge < -0.3 is 21.5 Å². The Morgan fingerprint density at radius 3 is 2.47 bits per heavy atom. The number of anilines is 2. The van der Waals surface area contributed by atoms with E-state index in [9.17, 15) is 9.59 Å². The van der Waals surface area contributed by atoms with E-state index >= 15 is 0 Å². The highest BCUT2D eigenvalue weighted by Gasteiger charge is 2.03. The third-order valence-electron chi connectivity index (χ3n) is 1.98. The predicted molar refractivity (Wildman–Crippen MR) is 64.6 cm³/mol. The highest BCUT2D eigenvalue weighted by molar-refractivity contribution is 5.93. The fourth-order valence-corrected chi connectivity index (χ4v) is 1.28. The molecule has 0 aliphatic carbocycles. The number of amides is 3. The minimum atomic E-state index is -0.659. The van der Waals surface area contributed by atoms with Crippen molar-refractivity contribution in [3.8, 4) is 0 Å². The van der Waals surface area contributed by atoms with E-state index in [1.54, 1.807) is 24.3 Å². The SMILES string of the molecule is NC(=O)Nc1cccc(NC(=O)CCCO)c1. The number of carbonyl (C=O) groups excluding carboxylic acids is 2. The molecule has 17 heavy (non-hydrogen) atoms. The smallest absolute Gasteiger partial charge is 0.316 e. The Morgan fingerprint density at radius 1 is 1.24 bits per heavy atom. The summed E-state index contributed by atoms with van der Waals surface area (Å²) >= 11 is 0. The van der Waals surface area contributed by atoms with Crippen LogP contribution in [-0.4, -0.2) is 23.7 Å². The van der Waals surface area contributed by atoms with Crippen molar-refractivity contribution in [2.24, 2.45) is 5.73 Å². The van der Waals surface area contributed by atoms with Gasteiger partial charge in [-0.1, -0.05) is 6.07 Å². The van der Waals surface area contributed by atoms with Crippen LogP contribution in [0.25, 0.3) is 0 Å². The van der Waals surface area contributed by atoms with Gasteiger partial charge in [0.1, 0.15) is 0 Å². The molecule has 5 N–H and O–H groups in total. The van der Waals surface area contributed by atoms with E-state index in [0.29, 0.717) is 17.8 Å². The van der Waals surface area contributed by atoms with Gasteiger partial charge in [-0.15, -0.1) is 0 Å². The summed E-state index contributed by atoms with van der Waals surface area (Å²) in [6.45, 7) is -0.0172. The zero-order valence-electron chi connectivity index (χ0n) is 9.27. The first kappa shape index (κ1) is 13.0. The summed E-state index contributed by atoms with van der Waals surface area (Å²) in [6.07, 6.45) is 0.676. The Bertz CT molecular complexity index is 407. The number of hydrogen-bond acceptors (Lipinski definition) is 3. The number of benzene rings is 1. The molecule has 0 fully saturated rings. The van der Waals surface area contributed by atoms with Crippen molar-refractivity contribution in [2.45, 2.75) is 12.8 Å². The van der Waals surface area contributed by atoms with Gasteiger partial charge in [0.15, 0.2) is 0 Å². The first-order valence-corrected chi connectivity index (χ1v) is 5.19. The molecular formula is C11H15N3O3. The van der Waals surface area contributed by atoms with Crippen molar-refractivity contribution >= 4 is 23.3 Å². The highest BCUT2D eigenvalue weighted by Crippen LogP contribution is 2.15. The van der Waals surface area contributed by atoms with Crippen LogP contribution in [0.5, 0.6) is 0 Å². The molecule has 0 spiro atoms. The molecule has 6 nitrogen and oxygen atoms in total. The molecule has 0 radical (unpaired) electrons. The number of hydrogen-bond donors (Lipinski definition) is 4. The van der Waals surface area contributed by atoms with Gasteiger partial charge in [-0.3, -0.25) is 4.79 Å². The van der Waals surface area contributed by atoms with Gasteiger partial charge in [-0.2, -0.15) is 0 Å². The molecule has 1 aromatic carbocycles. The highest BCUT2D eigenvalue weighted by atomic mass is 16.3. The van der Waals surface area contributed by atoms with E-state index in [1.807, 2.05) is 0 Å². The molecule has 0 bridgehead atoms. The summed E-state index contributed by atoms with van der Waals surface area (Å²) in [7, 11) is 0. The molecule has 0 aromatic heterocycles. The molecule has 1 rings (SSSR count). The normalized spacial score (nSPS) is 9.71. The zero-order chi connectivity index (χ0) is 12.7. The van der Waals surface area contributed by atoms with Crippen molar-refractivity contribution in [3.63, 3.8) is 0 Å². The Balaban J connectivity index is 2.59. The molecule has 0 saturated carbocycles. The summed E-state index contributed by atoms with van der Waals surface area (Å²) in [4.78, 5) is 22.0. The number of carbonyl (C=O) groups is 2. The molecule has 0 unspecified atom stereocenters. The maximum absolute atomic E-state index is 11.4. The van der Waals surface area contributed by atoms with Gasteiger partial charge in [0, 0.05) is 24.4 Å². The number of aliphatic hydroxyl groups is 1. The average Bonchev–Trinajstić information content (AvgIpc) is 2.26. The quantitative estimate of drug-likeness (QED) is 0.611. The molecule has 0 aliphatic rings. The summed E-state index contributed by atoms with van der Waals surface area (Å²) in [5.74, 6) is -0.185. The van der Waals surface area contributed by atoms with Crippen molar-refractivity contribution in [1.29, 1.82) is 0 Å². The Kier molecular flexibility index (Phi) is 4.96. The van der Waals surface area contributed by atoms with Crippen molar-refractivity contribution in [3.05, 3.63) is 24.3 Å². The maximum atomic E-state index is 11.4. The topological polar surface area (TPSA) is 104 Å². The third kappa shape index (κ3) is 4.98. The Morgan fingerprint density at radius 2 is 1.88 bits per heavy atom. The van der Waals surface area contributed by atoms with Gasteiger partial charge in [-0.25, -0.2) is 4.79 Å². The second-order valence-electron chi connectivity index (χ2n) is 3.45. The summed E-state index contributed by atoms with van der Waals surface area (Å²) in [6, 6.07) is 5.99. The number of aliphatic hydroxyl groups excluding tert-OH is 1. The van der Waals surface area contributed by atoms with Crippen molar-refractivity contribution in [1.82, 2.24) is 0 Å².